The van der Waals surface area contributed by atoms with E-state index in [2.05, 4.69) is 6.92 Å². The quantitative estimate of drug-likeness (QED) is 0.651. The van der Waals surface area contributed by atoms with Crippen molar-refractivity contribution in [3.05, 3.63) is 29.3 Å². The zero-order valence-electron chi connectivity index (χ0n) is 11.0. The van der Waals surface area contributed by atoms with Gasteiger partial charge in [-0.2, -0.15) is 4.39 Å². The smallest absolute Gasteiger partial charge is 0.200 e. The van der Waals surface area contributed by atoms with Crippen LogP contribution in [0.3, 0.4) is 0 Å². The fourth-order valence-electron chi connectivity index (χ4n) is 2.04. The summed E-state index contributed by atoms with van der Waals surface area (Å²) < 4.78 is 26.5. The number of rotatable bonds is 8. The second-order valence-corrected chi connectivity index (χ2v) is 4.74. The Bertz CT molecular complexity index is 364. The Hall–Kier alpha value is -1.12. The molecule has 0 aromatic heterocycles. The molecule has 0 aliphatic rings. The molecule has 18 heavy (non-hydrogen) atoms. The average molecular weight is 256 g/mol. The number of halogens is 2. The first-order valence-electron chi connectivity index (χ1n) is 6.82. The van der Waals surface area contributed by atoms with E-state index >= 15 is 0 Å². The maximum absolute atomic E-state index is 13.4. The van der Waals surface area contributed by atoms with Crippen LogP contribution in [0.2, 0.25) is 0 Å². The highest BCUT2D eigenvalue weighted by atomic mass is 19.2. The van der Waals surface area contributed by atoms with E-state index in [1.54, 1.807) is 0 Å². The first-order valence-corrected chi connectivity index (χ1v) is 6.82. The van der Waals surface area contributed by atoms with Gasteiger partial charge in [-0.25, -0.2) is 4.39 Å². The first-order chi connectivity index (χ1) is 8.66. The van der Waals surface area contributed by atoms with E-state index in [0.717, 1.165) is 19.3 Å². The van der Waals surface area contributed by atoms with Crippen molar-refractivity contribution < 1.29 is 13.9 Å². The fraction of sp³-hybridized carbons (Fsp3) is 0.600. The molecule has 0 atom stereocenters. The van der Waals surface area contributed by atoms with Crippen molar-refractivity contribution in [3.63, 3.8) is 0 Å². The number of benzene rings is 1. The molecule has 0 spiro atoms. The molecule has 1 aromatic carbocycles. The SMILES string of the molecule is CCCCCCCCCc1ccc(O)c(F)c1F. The Morgan fingerprint density at radius 3 is 2.17 bits per heavy atom. The van der Waals surface area contributed by atoms with E-state index in [4.69, 9.17) is 5.11 Å². The highest BCUT2D eigenvalue weighted by Gasteiger charge is 2.11. The molecular formula is C15H22F2O. The van der Waals surface area contributed by atoms with Crippen LogP contribution in [0, 0.1) is 11.6 Å². The van der Waals surface area contributed by atoms with Crippen LogP contribution in [0.25, 0.3) is 0 Å². The molecule has 0 heterocycles. The van der Waals surface area contributed by atoms with Gasteiger partial charge in [-0.15, -0.1) is 0 Å². The van der Waals surface area contributed by atoms with Crippen molar-refractivity contribution in [3.8, 4) is 5.75 Å². The lowest BCUT2D eigenvalue weighted by molar-refractivity contribution is 0.403. The lowest BCUT2D eigenvalue weighted by Gasteiger charge is -2.05. The van der Waals surface area contributed by atoms with E-state index in [1.165, 1.54) is 37.8 Å². The molecular weight excluding hydrogens is 234 g/mol. The number of aromatic hydroxyl groups is 1. The highest BCUT2D eigenvalue weighted by molar-refractivity contribution is 5.29. The number of phenols is 1. The molecule has 0 amide bonds. The second kappa shape index (κ2) is 8.06. The van der Waals surface area contributed by atoms with E-state index in [9.17, 15) is 8.78 Å². The van der Waals surface area contributed by atoms with E-state index in [0.29, 0.717) is 12.0 Å². The number of unbranched alkanes of at least 4 members (excludes halogenated alkanes) is 6. The molecule has 0 aliphatic carbocycles. The summed E-state index contributed by atoms with van der Waals surface area (Å²) in [4.78, 5) is 0. The third kappa shape index (κ3) is 4.63. The van der Waals surface area contributed by atoms with Gasteiger partial charge >= 0.3 is 0 Å². The van der Waals surface area contributed by atoms with Gasteiger partial charge < -0.3 is 5.11 Å². The lowest BCUT2D eigenvalue weighted by Crippen LogP contribution is -1.95. The van der Waals surface area contributed by atoms with Crippen molar-refractivity contribution in [2.75, 3.05) is 0 Å². The molecule has 1 nitrogen and oxygen atoms in total. The molecule has 0 aliphatic heterocycles. The summed E-state index contributed by atoms with van der Waals surface area (Å²) in [6.45, 7) is 2.18. The molecule has 0 radical (unpaired) electrons. The Labute approximate surface area is 108 Å². The summed E-state index contributed by atoms with van der Waals surface area (Å²) >= 11 is 0. The molecule has 1 aromatic rings. The summed E-state index contributed by atoms with van der Waals surface area (Å²) in [7, 11) is 0. The monoisotopic (exact) mass is 256 g/mol. The number of phenolic OH excluding ortho intramolecular Hbond substituents is 1. The summed E-state index contributed by atoms with van der Waals surface area (Å²) in [6.07, 6.45) is 8.60. The summed E-state index contributed by atoms with van der Waals surface area (Å²) in [5.74, 6) is -2.65. The van der Waals surface area contributed by atoms with Gasteiger partial charge in [0.25, 0.3) is 0 Å². The number of hydrogen-bond acceptors (Lipinski definition) is 1. The largest absolute Gasteiger partial charge is 0.505 e. The van der Waals surface area contributed by atoms with Gasteiger partial charge in [-0.1, -0.05) is 51.5 Å². The van der Waals surface area contributed by atoms with Crippen molar-refractivity contribution in [2.24, 2.45) is 0 Å². The van der Waals surface area contributed by atoms with Crippen molar-refractivity contribution >= 4 is 0 Å². The minimum absolute atomic E-state index is 0.360. The van der Waals surface area contributed by atoms with Crippen LogP contribution in [0.1, 0.15) is 57.4 Å². The van der Waals surface area contributed by atoms with Crippen LogP contribution in [0.4, 0.5) is 8.78 Å². The predicted molar refractivity (Wildman–Crippen MR) is 69.7 cm³/mol. The van der Waals surface area contributed by atoms with Gasteiger partial charge in [-0.05, 0) is 24.5 Å². The molecule has 0 bridgehead atoms. The third-order valence-corrected chi connectivity index (χ3v) is 3.19. The molecule has 1 N–H and O–H groups in total. The van der Waals surface area contributed by atoms with Crippen molar-refractivity contribution in [1.82, 2.24) is 0 Å². The van der Waals surface area contributed by atoms with Gasteiger partial charge in [0.05, 0.1) is 0 Å². The Kier molecular flexibility index (Phi) is 6.69. The Balaban J connectivity index is 2.25. The summed E-state index contributed by atoms with van der Waals surface area (Å²) in [6, 6.07) is 2.68. The summed E-state index contributed by atoms with van der Waals surface area (Å²) in [5.41, 5.74) is 0.360. The van der Waals surface area contributed by atoms with Gasteiger partial charge in [0.1, 0.15) is 0 Å². The topological polar surface area (TPSA) is 20.2 Å². The number of aryl methyl sites for hydroxylation is 1. The van der Waals surface area contributed by atoms with Gasteiger partial charge in [-0.3, -0.25) is 0 Å². The maximum Gasteiger partial charge on any atom is 0.200 e. The van der Waals surface area contributed by atoms with Crippen LogP contribution in [-0.4, -0.2) is 5.11 Å². The van der Waals surface area contributed by atoms with Crippen LogP contribution in [0.5, 0.6) is 5.75 Å². The molecule has 0 unspecified atom stereocenters. The minimum atomic E-state index is -1.13. The second-order valence-electron chi connectivity index (χ2n) is 4.74. The molecule has 0 saturated carbocycles. The van der Waals surface area contributed by atoms with Crippen LogP contribution >= 0.6 is 0 Å². The molecule has 3 heteroatoms. The molecule has 0 saturated heterocycles. The minimum Gasteiger partial charge on any atom is -0.505 e. The zero-order chi connectivity index (χ0) is 13.4. The molecule has 0 fully saturated rings. The molecule has 1 rings (SSSR count). The van der Waals surface area contributed by atoms with Gasteiger partial charge in [0, 0.05) is 0 Å². The van der Waals surface area contributed by atoms with Crippen molar-refractivity contribution in [2.45, 2.75) is 58.3 Å². The van der Waals surface area contributed by atoms with E-state index in [-0.39, 0.29) is 0 Å². The van der Waals surface area contributed by atoms with E-state index in [1.807, 2.05) is 0 Å². The van der Waals surface area contributed by atoms with Gasteiger partial charge in [0.15, 0.2) is 11.6 Å². The van der Waals surface area contributed by atoms with E-state index < -0.39 is 17.4 Å². The average Bonchev–Trinajstić information content (AvgIpc) is 2.37. The Morgan fingerprint density at radius 1 is 0.889 bits per heavy atom. The number of hydrogen-bond donors (Lipinski definition) is 1. The lowest BCUT2D eigenvalue weighted by atomic mass is 10.0. The van der Waals surface area contributed by atoms with Crippen LogP contribution < -0.4 is 0 Å². The zero-order valence-corrected chi connectivity index (χ0v) is 11.0. The van der Waals surface area contributed by atoms with Crippen LogP contribution in [0.15, 0.2) is 12.1 Å². The summed E-state index contributed by atoms with van der Waals surface area (Å²) in [5, 5.41) is 9.00. The molecule has 102 valence electrons. The first kappa shape index (κ1) is 14.9. The third-order valence-electron chi connectivity index (χ3n) is 3.19. The fourth-order valence-corrected chi connectivity index (χ4v) is 2.04. The maximum atomic E-state index is 13.4. The Morgan fingerprint density at radius 2 is 1.50 bits per heavy atom. The van der Waals surface area contributed by atoms with Crippen LogP contribution in [-0.2, 0) is 6.42 Å². The van der Waals surface area contributed by atoms with Gasteiger partial charge in [0.2, 0.25) is 5.82 Å². The normalized spacial score (nSPS) is 10.8. The highest BCUT2D eigenvalue weighted by Crippen LogP contribution is 2.22. The predicted octanol–water partition coefficient (Wildman–Crippen LogP) is 4.96. The van der Waals surface area contributed by atoms with Crippen molar-refractivity contribution in [1.29, 1.82) is 0 Å². The standard InChI is InChI=1S/C15H22F2O/c1-2-3-4-5-6-7-8-9-12-10-11-13(18)15(17)14(12)16/h10-11,18H,2-9H2,1H3.